The molecule has 0 aliphatic heterocycles. The highest BCUT2D eigenvalue weighted by atomic mass is 32.2. The van der Waals surface area contributed by atoms with E-state index < -0.39 is 17.9 Å². The fourth-order valence-corrected chi connectivity index (χ4v) is 4.27. The van der Waals surface area contributed by atoms with Gasteiger partial charge in [-0.1, -0.05) is 72.4 Å². The molecule has 2 atom stereocenters. The van der Waals surface area contributed by atoms with Gasteiger partial charge in [-0.3, -0.25) is 9.59 Å². The normalized spacial score (nSPS) is 12.6. The van der Waals surface area contributed by atoms with E-state index in [4.69, 9.17) is 4.74 Å². The van der Waals surface area contributed by atoms with Crippen molar-refractivity contribution in [3.05, 3.63) is 71.8 Å². The number of benzene rings is 2. The minimum Gasteiger partial charge on any atom is -0.467 e. The summed E-state index contributed by atoms with van der Waals surface area (Å²) in [4.78, 5) is 37.6. The van der Waals surface area contributed by atoms with Crippen molar-refractivity contribution in [1.29, 1.82) is 0 Å². The van der Waals surface area contributed by atoms with Crippen LogP contribution in [0.1, 0.15) is 22.3 Å². The SMILES string of the molecule is COC(=O)[C@H](CCSC)NC(=O)C(CSC(=O)c1ccccc1)Cc1ccccc1. The first-order valence-corrected chi connectivity index (χ1v) is 12.1. The second kappa shape index (κ2) is 13.1. The van der Waals surface area contributed by atoms with Crippen LogP contribution in [0.25, 0.3) is 0 Å². The van der Waals surface area contributed by atoms with Crippen LogP contribution in [0.4, 0.5) is 0 Å². The number of hydrogen-bond acceptors (Lipinski definition) is 6. The number of nitrogens with one attached hydrogen (secondary N) is 1. The number of hydrogen-bond donors (Lipinski definition) is 1. The minimum absolute atomic E-state index is 0.0756. The molecule has 0 aliphatic rings. The summed E-state index contributed by atoms with van der Waals surface area (Å²) in [6, 6.07) is 18.0. The predicted octanol–water partition coefficient (Wildman–Crippen LogP) is 3.83. The average molecular weight is 446 g/mol. The number of rotatable bonds is 11. The number of carbonyl (C=O) groups excluding carboxylic acids is 3. The summed E-state index contributed by atoms with van der Waals surface area (Å²) in [7, 11) is 1.32. The Balaban J connectivity index is 2.09. The van der Waals surface area contributed by atoms with E-state index in [2.05, 4.69) is 5.32 Å². The van der Waals surface area contributed by atoms with Gasteiger partial charge in [0, 0.05) is 11.3 Å². The zero-order valence-electron chi connectivity index (χ0n) is 17.2. The first-order chi connectivity index (χ1) is 14.5. The van der Waals surface area contributed by atoms with Crippen molar-refractivity contribution in [3.8, 4) is 0 Å². The van der Waals surface area contributed by atoms with E-state index in [1.54, 1.807) is 23.9 Å². The number of amides is 1. The second-order valence-corrected chi connectivity index (χ2v) is 8.70. The maximum Gasteiger partial charge on any atom is 0.328 e. The van der Waals surface area contributed by atoms with Crippen molar-refractivity contribution >= 4 is 40.5 Å². The van der Waals surface area contributed by atoms with Gasteiger partial charge in [0.1, 0.15) is 6.04 Å². The van der Waals surface area contributed by atoms with Crippen LogP contribution in [0.3, 0.4) is 0 Å². The summed E-state index contributed by atoms with van der Waals surface area (Å²) >= 11 is 2.72. The first-order valence-electron chi connectivity index (χ1n) is 9.68. The molecule has 0 heterocycles. The van der Waals surface area contributed by atoms with E-state index in [1.807, 2.05) is 54.8 Å². The third kappa shape index (κ3) is 7.88. The molecule has 0 spiro atoms. The van der Waals surface area contributed by atoms with Crippen molar-refractivity contribution in [2.75, 3.05) is 24.9 Å². The van der Waals surface area contributed by atoms with Crippen molar-refractivity contribution in [1.82, 2.24) is 5.32 Å². The molecule has 2 aromatic rings. The molecular formula is C23H27NO4S2. The van der Waals surface area contributed by atoms with Crippen molar-refractivity contribution < 1.29 is 19.1 Å². The standard InChI is InChI=1S/C23H27NO4S2/c1-28-22(26)20(13-14-29-2)24-21(25)19(15-17-9-5-3-6-10-17)16-30-23(27)18-11-7-4-8-12-18/h3-12,19-20H,13-16H2,1-2H3,(H,24,25)/t19?,20-/m0/s1. The fraction of sp³-hybridized carbons (Fsp3) is 0.348. The molecule has 0 aromatic heterocycles. The van der Waals surface area contributed by atoms with E-state index >= 15 is 0 Å². The number of carbonyl (C=O) groups is 3. The Morgan fingerprint density at radius 3 is 2.23 bits per heavy atom. The van der Waals surface area contributed by atoms with Gasteiger partial charge < -0.3 is 10.1 Å². The van der Waals surface area contributed by atoms with Crippen molar-refractivity contribution in [2.24, 2.45) is 5.92 Å². The Bertz CT molecular complexity index is 814. The smallest absolute Gasteiger partial charge is 0.328 e. The lowest BCUT2D eigenvalue weighted by atomic mass is 9.99. The minimum atomic E-state index is -0.692. The quantitative estimate of drug-likeness (QED) is 0.530. The molecule has 1 N–H and O–H groups in total. The Kier molecular flexibility index (Phi) is 10.5. The molecular weight excluding hydrogens is 418 g/mol. The maximum absolute atomic E-state index is 13.0. The predicted molar refractivity (Wildman–Crippen MR) is 124 cm³/mol. The fourth-order valence-electron chi connectivity index (χ4n) is 2.88. The molecule has 1 amide bonds. The molecule has 2 aromatic carbocycles. The van der Waals surface area contributed by atoms with Gasteiger partial charge in [0.05, 0.1) is 13.0 Å². The zero-order valence-corrected chi connectivity index (χ0v) is 18.8. The molecule has 0 fully saturated rings. The van der Waals surface area contributed by atoms with Gasteiger partial charge in [0.25, 0.3) is 0 Å². The summed E-state index contributed by atoms with van der Waals surface area (Å²) < 4.78 is 4.84. The lowest BCUT2D eigenvalue weighted by Crippen LogP contribution is -2.45. The van der Waals surface area contributed by atoms with Crippen LogP contribution < -0.4 is 5.32 Å². The molecule has 160 valence electrons. The van der Waals surface area contributed by atoms with E-state index in [1.165, 1.54) is 7.11 Å². The molecule has 0 aliphatic carbocycles. The summed E-state index contributed by atoms with van der Waals surface area (Å²) in [6.45, 7) is 0. The Labute approximate surface area is 186 Å². The highest BCUT2D eigenvalue weighted by molar-refractivity contribution is 8.14. The molecule has 0 saturated carbocycles. The maximum atomic E-state index is 13.0. The van der Waals surface area contributed by atoms with E-state index in [0.29, 0.717) is 24.2 Å². The number of esters is 1. The molecule has 0 bridgehead atoms. The average Bonchev–Trinajstić information content (AvgIpc) is 2.79. The van der Waals surface area contributed by atoms with Crippen LogP contribution in [-0.4, -0.2) is 47.9 Å². The van der Waals surface area contributed by atoms with Crippen molar-refractivity contribution in [3.63, 3.8) is 0 Å². The van der Waals surface area contributed by atoms with Crippen LogP contribution in [-0.2, 0) is 20.7 Å². The van der Waals surface area contributed by atoms with Gasteiger partial charge in [-0.15, -0.1) is 0 Å². The second-order valence-electron chi connectivity index (χ2n) is 6.72. The molecule has 0 radical (unpaired) electrons. The third-order valence-corrected chi connectivity index (χ3v) is 6.24. The number of methoxy groups -OCH3 is 1. The third-order valence-electron chi connectivity index (χ3n) is 4.53. The number of thioether (sulfide) groups is 2. The lowest BCUT2D eigenvalue weighted by Gasteiger charge is -2.21. The van der Waals surface area contributed by atoms with Crippen LogP contribution in [0.5, 0.6) is 0 Å². The summed E-state index contributed by atoms with van der Waals surface area (Å²) in [5, 5.41) is 2.76. The Hall–Kier alpha value is -2.25. The van der Waals surface area contributed by atoms with Crippen molar-refractivity contribution in [2.45, 2.75) is 18.9 Å². The van der Waals surface area contributed by atoms with E-state index in [9.17, 15) is 14.4 Å². The molecule has 1 unspecified atom stereocenters. The molecule has 0 saturated heterocycles. The van der Waals surface area contributed by atoms with Crippen LogP contribution in [0, 0.1) is 5.92 Å². The Morgan fingerprint density at radius 2 is 1.63 bits per heavy atom. The molecule has 5 nitrogen and oxygen atoms in total. The van der Waals surface area contributed by atoms with Crippen LogP contribution in [0.2, 0.25) is 0 Å². The van der Waals surface area contributed by atoms with Gasteiger partial charge in [0.2, 0.25) is 11.0 Å². The topological polar surface area (TPSA) is 72.5 Å². The van der Waals surface area contributed by atoms with Gasteiger partial charge in [-0.25, -0.2) is 4.79 Å². The van der Waals surface area contributed by atoms with E-state index in [0.717, 1.165) is 23.1 Å². The molecule has 2 rings (SSSR count). The highest BCUT2D eigenvalue weighted by Gasteiger charge is 2.27. The first kappa shape index (κ1) is 24.0. The highest BCUT2D eigenvalue weighted by Crippen LogP contribution is 2.20. The zero-order chi connectivity index (χ0) is 21.8. The summed E-state index contributed by atoms with van der Waals surface area (Å²) in [6.07, 6.45) is 2.92. The van der Waals surface area contributed by atoms with Gasteiger partial charge in [0.15, 0.2) is 0 Å². The summed E-state index contributed by atoms with van der Waals surface area (Å²) in [5.74, 6) is -0.103. The van der Waals surface area contributed by atoms with Crippen LogP contribution in [0.15, 0.2) is 60.7 Å². The Morgan fingerprint density at radius 1 is 1.00 bits per heavy atom. The van der Waals surface area contributed by atoms with Crippen LogP contribution >= 0.6 is 23.5 Å². The largest absolute Gasteiger partial charge is 0.467 e. The van der Waals surface area contributed by atoms with Gasteiger partial charge in [-0.2, -0.15) is 11.8 Å². The number of ether oxygens (including phenoxy) is 1. The lowest BCUT2D eigenvalue weighted by molar-refractivity contribution is -0.145. The monoisotopic (exact) mass is 445 g/mol. The van der Waals surface area contributed by atoms with Gasteiger partial charge >= 0.3 is 5.97 Å². The van der Waals surface area contributed by atoms with E-state index in [-0.39, 0.29) is 11.0 Å². The van der Waals surface area contributed by atoms with Gasteiger partial charge in [-0.05, 0) is 30.4 Å². The molecule has 7 heteroatoms. The molecule has 30 heavy (non-hydrogen) atoms. The summed E-state index contributed by atoms with van der Waals surface area (Å²) in [5.41, 5.74) is 1.61.